The molecule has 4 heterocycles. The maximum Gasteiger partial charge on any atom is 0.151 e. The second-order valence-corrected chi connectivity index (χ2v) is 10.3. The number of likely N-dealkylation sites (tertiary alicyclic amines) is 1. The average Bonchev–Trinajstić information content (AvgIpc) is 3.56. The molecule has 3 aromatic heterocycles. The maximum absolute atomic E-state index is 6.42. The summed E-state index contributed by atoms with van der Waals surface area (Å²) in [7, 11) is 0. The van der Waals surface area contributed by atoms with Gasteiger partial charge in [0.15, 0.2) is 5.15 Å². The number of rotatable bonds is 8. The second kappa shape index (κ2) is 9.96. The van der Waals surface area contributed by atoms with Gasteiger partial charge in [0.2, 0.25) is 0 Å². The lowest BCUT2D eigenvalue weighted by atomic mass is 9.87. The summed E-state index contributed by atoms with van der Waals surface area (Å²) in [6.07, 6.45) is 9.46. The Morgan fingerprint density at radius 2 is 2.00 bits per heavy atom. The van der Waals surface area contributed by atoms with Crippen LogP contribution in [0.4, 0.5) is 0 Å². The van der Waals surface area contributed by atoms with Crippen molar-refractivity contribution in [3.05, 3.63) is 58.4 Å². The molecule has 4 aromatic rings. The predicted molar refractivity (Wildman–Crippen MR) is 139 cm³/mol. The fourth-order valence-corrected chi connectivity index (χ4v) is 5.56. The van der Waals surface area contributed by atoms with Gasteiger partial charge in [-0.2, -0.15) is 5.10 Å². The molecule has 0 amide bonds. The third kappa shape index (κ3) is 4.66. The predicted octanol–water partition coefficient (Wildman–Crippen LogP) is 6.78. The number of nitrogens with one attached hydrogen (secondary N) is 3. The van der Waals surface area contributed by atoms with Gasteiger partial charge in [0.1, 0.15) is 5.82 Å². The number of hydrogen-bond donors (Lipinski definition) is 3. The van der Waals surface area contributed by atoms with Gasteiger partial charge in [-0.05, 0) is 67.4 Å². The van der Waals surface area contributed by atoms with Gasteiger partial charge in [-0.3, -0.25) is 10.00 Å². The van der Waals surface area contributed by atoms with E-state index < -0.39 is 0 Å². The lowest BCUT2D eigenvalue weighted by molar-refractivity contribution is 0.203. The maximum atomic E-state index is 6.42. The van der Waals surface area contributed by atoms with Crippen molar-refractivity contribution in [3.63, 3.8) is 0 Å². The van der Waals surface area contributed by atoms with E-state index in [0.717, 1.165) is 62.4 Å². The monoisotopic (exact) mass is 478 g/mol. The minimum Gasteiger partial charge on any atom is -0.354 e. The molecule has 0 aliphatic carbocycles. The van der Waals surface area contributed by atoms with Crippen LogP contribution < -0.4 is 0 Å². The van der Waals surface area contributed by atoms with Crippen molar-refractivity contribution in [2.75, 3.05) is 13.1 Å². The van der Waals surface area contributed by atoms with Crippen LogP contribution in [0, 0.1) is 0 Å². The smallest absolute Gasteiger partial charge is 0.151 e. The summed E-state index contributed by atoms with van der Waals surface area (Å²) in [5.74, 6) is 2.04. The molecule has 1 aliphatic rings. The molecule has 1 saturated heterocycles. The summed E-state index contributed by atoms with van der Waals surface area (Å²) >= 11 is 6.42. The number of unbranched alkanes of at least 4 members (excludes halogenated alkanes) is 1. The van der Waals surface area contributed by atoms with E-state index in [4.69, 9.17) is 11.6 Å². The first-order valence-corrected chi connectivity index (χ1v) is 13.0. The summed E-state index contributed by atoms with van der Waals surface area (Å²) in [5, 5.41) is 9.08. The van der Waals surface area contributed by atoms with Crippen molar-refractivity contribution < 1.29 is 0 Å². The second-order valence-electron chi connectivity index (χ2n) is 9.97. The number of aryl methyl sites for hydroxylation is 1. The van der Waals surface area contributed by atoms with Gasteiger partial charge in [-0.15, -0.1) is 0 Å². The quantitative estimate of drug-likeness (QED) is 0.261. The molecular formula is C27H35ClN6. The van der Waals surface area contributed by atoms with Crippen LogP contribution in [0.5, 0.6) is 0 Å². The van der Waals surface area contributed by atoms with E-state index in [1.54, 1.807) is 0 Å². The van der Waals surface area contributed by atoms with Gasteiger partial charge in [0, 0.05) is 35.6 Å². The molecule has 0 atom stereocenters. The molecule has 1 aliphatic heterocycles. The van der Waals surface area contributed by atoms with Crippen molar-refractivity contribution in [2.24, 2.45) is 0 Å². The number of fused-ring (bicyclic) bond motifs is 1. The van der Waals surface area contributed by atoms with Gasteiger partial charge in [-0.1, -0.05) is 44.9 Å². The molecule has 1 fully saturated rings. The Labute approximate surface area is 206 Å². The van der Waals surface area contributed by atoms with E-state index in [1.165, 1.54) is 34.1 Å². The van der Waals surface area contributed by atoms with E-state index in [2.05, 4.69) is 69.0 Å². The molecule has 0 unspecified atom stereocenters. The first kappa shape index (κ1) is 23.2. The standard InChI is InChI=1S/C27H35ClN6/c1-4-5-6-24-31-23(27(28)33-24)16-34-11-9-18(10-12-34)19-7-8-22-21(13-19)25(17(2)3)26(32-22)20-14-29-30-15-20/h7-8,13-15,17-18,32H,4-6,9-12,16H2,1-3H3,(H,29,30)(H,31,33). The molecule has 0 spiro atoms. The minimum atomic E-state index is 0.428. The summed E-state index contributed by atoms with van der Waals surface area (Å²) in [5.41, 5.74) is 7.39. The number of aromatic amines is 3. The van der Waals surface area contributed by atoms with Crippen molar-refractivity contribution in [1.29, 1.82) is 0 Å². The largest absolute Gasteiger partial charge is 0.354 e. The molecule has 0 bridgehead atoms. The normalized spacial score (nSPS) is 15.7. The first-order chi connectivity index (χ1) is 16.5. The summed E-state index contributed by atoms with van der Waals surface area (Å²) in [6.45, 7) is 9.75. The highest BCUT2D eigenvalue weighted by molar-refractivity contribution is 6.30. The van der Waals surface area contributed by atoms with Crippen LogP contribution in [0.25, 0.3) is 22.2 Å². The molecule has 7 heteroatoms. The van der Waals surface area contributed by atoms with Crippen molar-refractivity contribution in [2.45, 2.75) is 71.3 Å². The van der Waals surface area contributed by atoms with Gasteiger partial charge >= 0.3 is 0 Å². The minimum absolute atomic E-state index is 0.428. The first-order valence-electron chi connectivity index (χ1n) is 12.6. The van der Waals surface area contributed by atoms with Crippen LogP contribution in [0.15, 0.2) is 30.6 Å². The van der Waals surface area contributed by atoms with Gasteiger partial charge in [0.05, 0.1) is 17.6 Å². The lowest BCUT2D eigenvalue weighted by Gasteiger charge is -2.32. The van der Waals surface area contributed by atoms with Gasteiger partial charge in [-0.25, -0.2) is 4.98 Å². The SMILES string of the molecule is CCCCc1nc(Cl)c(CN2CCC(c3ccc4[nH]c(-c5cn[nH]c5)c(C(C)C)c4c3)CC2)[nH]1. The zero-order valence-corrected chi connectivity index (χ0v) is 21.2. The molecule has 180 valence electrons. The average molecular weight is 479 g/mol. The number of halogens is 1. The molecule has 3 N–H and O–H groups in total. The van der Waals surface area contributed by atoms with Crippen LogP contribution in [-0.4, -0.2) is 43.1 Å². The Hall–Kier alpha value is -2.57. The van der Waals surface area contributed by atoms with Crippen LogP contribution in [0.2, 0.25) is 5.15 Å². The zero-order chi connectivity index (χ0) is 23.7. The zero-order valence-electron chi connectivity index (χ0n) is 20.4. The van der Waals surface area contributed by atoms with E-state index in [9.17, 15) is 0 Å². The number of aromatic nitrogens is 5. The molecule has 5 rings (SSSR count). The molecule has 0 radical (unpaired) electrons. The lowest BCUT2D eigenvalue weighted by Crippen LogP contribution is -2.32. The number of H-pyrrole nitrogens is 3. The van der Waals surface area contributed by atoms with Crippen molar-refractivity contribution >= 4 is 22.5 Å². The number of nitrogens with zero attached hydrogens (tertiary/aromatic N) is 3. The van der Waals surface area contributed by atoms with E-state index in [1.807, 2.05) is 12.4 Å². The molecule has 1 aromatic carbocycles. The van der Waals surface area contributed by atoms with E-state index in [0.29, 0.717) is 17.0 Å². The summed E-state index contributed by atoms with van der Waals surface area (Å²) < 4.78 is 0. The van der Waals surface area contributed by atoms with Crippen LogP contribution in [0.3, 0.4) is 0 Å². The van der Waals surface area contributed by atoms with Crippen LogP contribution in [-0.2, 0) is 13.0 Å². The fraction of sp³-hybridized carbons (Fsp3) is 0.481. The molecular weight excluding hydrogens is 444 g/mol. The number of imidazole rings is 1. The van der Waals surface area contributed by atoms with Crippen molar-refractivity contribution in [1.82, 2.24) is 30.0 Å². The molecule has 0 saturated carbocycles. The molecule has 34 heavy (non-hydrogen) atoms. The topological polar surface area (TPSA) is 76.4 Å². The molecule has 6 nitrogen and oxygen atoms in total. The summed E-state index contributed by atoms with van der Waals surface area (Å²) in [6, 6.07) is 7.00. The fourth-order valence-electron chi connectivity index (χ4n) is 5.35. The van der Waals surface area contributed by atoms with Crippen LogP contribution >= 0.6 is 11.6 Å². The Morgan fingerprint density at radius 1 is 1.18 bits per heavy atom. The van der Waals surface area contributed by atoms with E-state index in [-0.39, 0.29) is 0 Å². The summed E-state index contributed by atoms with van der Waals surface area (Å²) in [4.78, 5) is 14.1. The highest BCUT2D eigenvalue weighted by Crippen LogP contribution is 2.38. The number of hydrogen-bond acceptors (Lipinski definition) is 3. The number of benzene rings is 1. The number of piperidine rings is 1. The van der Waals surface area contributed by atoms with Gasteiger partial charge in [0.25, 0.3) is 0 Å². The third-order valence-corrected chi connectivity index (χ3v) is 7.52. The third-order valence-electron chi connectivity index (χ3n) is 7.21. The van der Waals surface area contributed by atoms with Crippen LogP contribution in [0.1, 0.15) is 80.9 Å². The Bertz CT molecular complexity index is 1230. The highest BCUT2D eigenvalue weighted by Gasteiger charge is 2.24. The Morgan fingerprint density at radius 3 is 2.71 bits per heavy atom. The van der Waals surface area contributed by atoms with Crippen molar-refractivity contribution in [3.8, 4) is 11.3 Å². The Balaban J connectivity index is 1.29. The van der Waals surface area contributed by atoms with Gasteiger partial charge < -0.3 is 9.97 Å². The highest BCUT2D eigenvalue weighted by atomic mass is 35.5. The Kier molecular flexibility index (Phi) is 6.79. The van der Waals surface area contributed by atoms with E-state index >= 15 is 0 Å².